The van der Waals surface area contributed by atoms with Crippen molar-refractivity contribution < 1.29 is 19.0 Å². The van der Waals surface area contributed by atoms with Crippen LogP contribution in [-0.4, -0.2) is 31.2 Å². The lowest BCUT2D eigenvalue weighted by atomic mass is 10.1. The van der Waals surface area contributed by atoms with Crippen LogP contribution >= 0.6 is 0 Å². The Morgan fingerprint density at radius 2 is 2.04 bits per heavy atom. The topological polar surface area (TPSA) is 69.7 Å². The minimum absolute atomic E-state index is 0.191. The van der Waals surface area contributed by atoms with Crippen LogP contribution in [0.1, 0.15) is 28.9 Å². The number of fused-ring (bicyclic) bond motifs is 1. The fourth-order valence-corrected chi connectivity index (χ4v) is 2.41. The molecular formula is C17H18N2O4. The first-order chi connectivity index (χ1) is 11.2. The number of amides is 1. The van der Waals surface area contributed by atoms with Gasteiger partial charge in [-0.2, -0.15) is 0 Å². The van der Waals surface area contributed by atoms with Crippen molar-refractivity contribution in [3.8, 4) is 17.4 Å². The van der Waals surface area contributed by atoms with Crippen molar-refractivity contribution in [3.63, 3.8) is 0 Å². The fourth-order valence-electron chi connectivity index (χ4n) is 2.41. The monoisotopic (exact) mass is 314 g/mol. The van der Waals surface area contributed by atoms with Gasteiger partial charge in [0.1, 0.15) is 18.8 Å². The van der Waals surface area contributed by atoms with Crippen molar-refractivity contribution in [2.24, 2.45) is 0 Å². The number of aromatic nitrogens is 1. The molecule has 1 amide bonds. The number of rotatable bonds is 4. The maximum atomic E-state index is 12.4. The zero-order valence-corrected chi connectivity index (χ0v) is 13.0. The summed E-state index contributed by atoms with van der Waals surface area (Å²) in [6.45, 7) is 3.00. The Morgan fingerprint density at radius 1 is 1.26 bits per heavy atom. The van der Waals surface area contributed by atoms with Crippen molar-refractivity contribution in [2.45, 2.75) is 13.0 Å². The van der Waals surface area contributed by atoms with Crippen LogP contribution in [0.5, 0.6) is 17.4 Å². The highest BCUT2D eigenvalue weighted by molar-refractivity contribution is 5.96. The molecule has 6 heteroatoms. The summed E-state index contributed by atoms with van der Waals surface area (Å²) in [5, 5.41) is 2.94. The molecule has 23 heavy (non-hydrogen) atoms. The Balaban J connectivity index is 1.76. The van der Waals surface area contributed by atoms with Crippen molar-refractivity contribution in [1.29, 1.82) is 0 Å². The van der Waals surface area contributed by atoms with Gasteiger partial charge in [0.15, 0.2) is 11.5 Å². The van der Waals surface area contributed by atoms with Crippen LogP contribution in [0.3, 0.4) is 0 Å². The average molecular weight is 314 g/mol. The lowest BCUT2D eigenvalue weighted by Crippen LogP contribution is -2.27. The summed E-state index contributed by atoms with van der Waals surface area (Å²) in [5.41, 5.74) is 1.34. The number of carbonyl (C=O) groups excluding carboxylic acids is 1. The van der Waals surface area contributed by atoms with E-state index in [4.69, 9.17) is 14.2 Å². The summed E-state index contributed by atoms with van der Waals surface area (Å²) >= 11 is 0. The standard InChI is InChI=1S/C17H18N2O4/c1-11(12-5-6-14-15(10-12)23-9-8-22-14)19-16(20)13-4-3-7-18-17(13)21-2/h3-7,10-11H,8-9H2,1-2H3,(H,19,20)/t11-/m1/s1. The lowest BCUT2D eigenvalue weighted by molar-refractivity contribution is 0.0936. The number of nitrogens with zero attached hydrogens (tertiary/aromatic N) is 1. The van der Waals surface area contributed by atoms with Gasteiger partial charge in [0.25, 0.3) is 5.91 Å². The number of pyridine rings is 1. The molecule has 0 bridgehead atoms. The molecule has 1 aliphatic heterocycles. The molecule has 2 heterocycles. The third kappa shape index (κ3) is 3.21. The van der Waals surface area contributed by atoms with Gasteiger partial charge in [-0.1, -0.05) is 6.07 Å². The molecule has 120 valence electrons. The minimum atomic E-state index is -0.239. The molecule has 2 aromatic rings. The van der Waals surface area contributed by atoms with Crippen molar-refractivity contribution >= 4 is 5.91 Å². The van der Waals surface area contributed by atoms with Gasteiger partial charge in [-0.15, -0.1) is 0 Å². The number of hydrogen-bond donors (Lipinski definition) is 1. The summed E-state index contributed by atoms with van der Waals surface area (Å²) in [6, 6.07) is 8.85. The van der Waals surface area contributed by atoms with Crippen LogP contribution in [0.25, 0.3) is 0 Å². The molecule has 0 spiro atoms. The second-order valence-corrected chi connectivity index (χ2v) is 5.16. The van der Waals surface area contributed by atoms with Gasteiger partial charge in [-0.05, 0) is 36.8 Å². The van der Waals surface area contributed by atoms with E-state index in [1.807, 2.05) is 25.1 Å². The number of nitrogens with one attached hydrogen (secondary N) is 1. The summed E-state index contributed by atoms with van der Waals surface area (Å²) in [7, 11) is 1.49. The van der Waals surface area contributed by atoms with E-state index in [1.165, 1.54) is 7.11 Å². The number of methoxy groups -OCH3 is 1. The van der Waals surface area contributed by atoms with E-state index in [2.05, 4.69) is 10.3 Å². The summed E-state index contributed by atoms with van der Waals surface area (Å²) in [5.74, 6) is 1.50. The molecular weight excluding hydrogens is 296 g/mol. The molecule has 0 fully saturated rings. The fraction of sp³-hybridized carbons (Fsp3) is 0.294. The summed E-state index contributed by atoms with van der Waals surface area (Å²) < 4.78 is 16.2. The maximum absolute atomic E-state index is 12.4. The van der Waals surface area contributed by atoms with Gasteiger partial charge < -0.3 is 19.5 Å². The second kappa shape index (κ2) is 6.56. The Bertz CT molecular complexity index is 717. The minimum Gasteiger partial charge on any atom is -0.486 e. The van der Waals surface area contributed by atoms with E-state index in [1.54, 1.807) is 18.3 Å². The Hall–Kier alpha value is -2.76. The molecule has 0 unspecified atom stereocenters. The highest BCUT2D eigenvalue weighted by Crippen LogP contribution is 2.32. The highest BCUT2D eigenvalue weighted by atomic mass is 16.6. The van der Waals surface area contributed by atoms with Crippen molar-refractivity contribution in [1.82, 2.24) is 10.3 Å². The predicted molar refractivity (Wildman–Crippen MR) is 84.1 cm³/mol. The van der Waals surface area contributed by atoms with E-state index in [-0.39, 0.29) is 11.9 Å². The maximum Gasteiger partial charge on any atom is 0.257 e. The van der Waals surface area contributed by atoms with Crippen molar-refractivity contribution in [2.75, 3.05) is 20.3 Å². The number of benzene rings is 1. The third-order valence-corrected chi connectivity index (χ3v) is 3.62. The van der Waals surface area contributed by atoms with E-state index in [0.717, 1.165) is 11.3 Å². The van der Waals surface area contributed by atoms with Gasteiger partial charge in [-0.25, -0.2) is 4.98 Å². The first kappa shape index (κ1) is 15.1. The largest absolute Gasteiger partial charge is 0.486 e. The second-order valence-electron chi connectivity index (χ2n) is 5.16. The molecule has 0 saturated carbocycles. The van der Waals surface area contributed by atoms with Gasteiger partial charge in [0, 0.05) is 6.20 Å². The molecule has 0 radical (unpaired) electrons. The third-order valence-electron chi connectivity index (χ3n) is 3.62. The molecule has 1 N–H and O–H groups in total. The molecule has 1 aromatic carbocycles. The van der Waals surface area contributed by atoms with Crippen LogP contribution in [0, 0.1) is 0 Å². The first-order valence-electron chi connectivity index (χ1n) is 7.38. The van der Waals surface area contributed by atoms with E-state index in [0.29, 0.717) is 30.4 Å². The number of hydrogen-bond acceptors (Lipinski definition) is 5. The molecule has 0 aliphatic carbocycles. The Morgan fingerprint density at radius 3 is 2.83 bits per heavy atom. The average Bonchev–Trinajstić information content (AvgIpc) is 2.61. The van der Waals surface area contributed by atoms with Crippen LogP contribution < -0.4 is 19.5 Å². The number of ether oxygens (including phenoxy) is 3. The van der Waals surface area contributed by atoms with Crippen LogP contribution in [-0.2, 0) is 0 Å². The molecule has 0 saturated heterocycles. The van der Waals surface area contributed by atoms with E-state index < -0.39 is 0 Å². The van der Waals surface area contributed by atoms with Gasteiger partial charge >= 0.3 is 0 Å². The quantitative estimate of drug-likeness (QED) is 0.938. The zero-order valence-electron chi connectivity index (χ0n) is 13.0. The Labute approximate surface area is 134 Å². The molecule has 1 aromatic heterocycles. The van der Waals surface area contributed by atoms with Gasteiger partial charge in [0.05, 0.1) is 13.2 Å². The van der Waals surface area contributed by atoms with E-state index in [9.17, 15) is 4.79 Å². The van der Waals surface area contributed by atoms with Crippen LogP contribution in [0.4, 0.5) is 0 Å². The van der Waals surface area contributed by atoms with E-state index >= 15 is 0 Å². The number of carbonyl (C=O) groups is 1. The lowest BCUT2D eigenvalue weighted by Gasteiger charge is -2.21. The first-order valence-corrected chi connectivity index (χ1v) is 7.38. The predicted octanol–water partition coefficient (Wildman–Crippen LogP) is 2.35. The van der Waals surface area contributed by atoms with Gasteiger partial charge in [0.2, 0.25) is 5.88 Å². The van der Waals surface area contributed by atoms with Gasteiger partial charge in [-0.3, -0.25) is 4.79 Å². The molecule has 3 rings (SSSR count). The highest BCUT2D eigenvalue weighted by Gasteiger charge is 2.18. The van der Waals surface area contributed by atoms with Crippen LogP contribution in [0.2, 0.25) is 0 Å². The van der Waals surface area contributed by atoms with Crippen molar-refractivity contribution in [3.05, 3.63) is 47.7 Å². The SMILES string of the molecule is COc1ncccc1C(=O)N[C@H](C)c1ccc2c(c1)OCCO2. The summed E-state index contributed by atoms with van der Waals surface area (Å²) in [6.07, 6.45) is 1.58. The molecule has 6 nitrogen and oxygen atoms in total. The van der Waals surface area contributed by atoms with Crippen LogP contribution in [0.15, 0.2) is 36.5 Å². The smallest absolute Gasteiger partial charge is 0.257 e. The summed E-state index contributed by atoms with van der Waals surface area (Å²) in [4.78, 5) is 16.4. The molecule has 1 aliphatic rings. The Kier molecular flexibility index (Phi) is 4.32. The normalized spacial score (nSPS) is 14.0. The zero-order chi connectivity index (χ0) is 16.2. The molecule has 1 atom stereocenters.